The van der Waals surface area contributed by atoms with Crippen LogP contribution in [0.4, 0.5) is 0 Å². The number of hydrogen-bond donors (Lipinski definition) is 0. The van der Waals surface area contributed by atoms with Crippen LogP contribution in [-0.2, 0) is 31.2 Å². The highest BCUT2D eigenvalue weighted by Crippen LogP contribution is 2.27. The number of thioether (sulfide) groups is 1. The summed E-state index contributed by atoms with van der Waals surface area (Å²) in [5.41, 5.74) is 2.57. The molecule has 0 saturated carbocycles. The number of hydrogen-bond acceptors (Lipinski definition) is 5. The van der Waals surface area contributed by atoms with Gasteiger partial charge >= 0.3 is 0 Å². The van der Waals surface area contributed by atoms with Crippen molar-refractivity contribution in [3.8, 4) is 5.75 Å². The van der Waals surface area contributed by atoms with Crippen LogP contribution in [0.15, 0.2) is 47.6 Å². The van der Waals surface area contributed by atoms with Crippen molar-refractivity contribution in [1.82, 2.24) is 19.7 Å². The monoisotopic (exact) mass is 490 g/mol. The average Bonchev–Trinajstić information content (AvgIpc) is 3.15. The third-order valence-electron chi connectivity index (χ3n) is 5.43. The Bertz CT molecular complexity index is 1110. The van der Waals surface area contributed by atoms with Gasteiger partial charge in [0.1, 0.15) is 11.6 Å². The van der Waals surface area contributed by atoms with Crippen LogP contribution >= 0.6 is 35.0 Å². The third-order valence-corrected chi connectivity index (χ3v) is 6.96. The van der Waals surface area contributed by atoms with E-state index in [4.69, 9.17) is 27.9 Å². The van der Waals surface area contributed by atoms with Gasteiger partial charge in [-0.05, 0) is 42.2 Å². The van der Waals surface area contributed by atoms with Gasteiger partial charge < -0.3 is 14.2 Å². The van der Waals surface area contributed by atoms with Gasteiger partial charge in [0.2, 0.25) is 5.91 Å². The predicted molar refractivity (Wildman–Crippen MR) is 128 cm³/mol. The zero-order chi connectivity index (χ0) is 22.5. The van der Waals surface area contributed by atoms with Crippen molar-refractivity contribution in [3.63, 3.8) is 0 Å². The van der Waals surface area contributed by atoms with Gasteiger partial charge in [-0.3, -0.25) is 4.79 Å². The Hall–Kier alpha value is -2.22. The van der Waals surface area contributed by atoms with Gasteiger partial charge in [-0.1, -0.05) is 59.2 Å². The number of nitrogens with zero attached hydrogens (tertiary/aromatic N) is 4. The summed E-state index contributed by atoms with van der Waals surface area (Å²) in [7, 11) is 1.93. The smallest absolute Gasteiger partial charge is 0.233 e. The summed E-state index contributed by atoms with van der Waals surface area (Å²) in [6, 6.07) is 13.5. The number of aryl methyl sites for hydroxylation is 1. The quantitative estimate of drug-likeness (QED) is 0.334. The molecule has 168 valence electrons. The van der Waals surface area contributed by atoms with E-state index < -0.39 is 0 Å². The number of rotatable bonds is 8. The molecule has 32 heavy (non-hydrogen) atoms. The minimum absolute atomic E-state index is 0.127. The maximum absolute atomic E-state index is 12.7. The Morgan fingerprint density at radius 2 is 1.97 bits per heavy atom. The van der Waals surface area contributed by atoms with Crippen LogP contribution in [0.25, 0.3) is 0 Å². The topological polar surface area (TPSA) is 60.2 Å². The SMILES string of the molecule is Cn1c(CCCOc2ccc(Cl)cc2Cl)nnc1SCC(=O)N1CCc2ccccc2C1. The number of benzene rings is 2. The van der Waals surface area contributed by atoms with Crippen molar-refractivity contribution < 1.29 is 9.53 Å². The van der Waals surface area contributed by atoms with E-state index in [2.05, 4.69) is 28.4 Å². The first-order valence-electron chi connectivity index (χ1n) is 10.4. The molecule has 0 saturated heterocycles. The Labute approximate surface area is 201 Å². The average molecular weight is 491 g/mol. The second-order valence-electron chi connectivity index (χ2n) is 7.61. The van der Waals surface area contributed by atoms with Gasteiger partial charge in [0, 0.05) is 31.6 Å². The van der Waals surface area contributed by atoms with Crippen LogP contribution in [0, 0.1) is 0 Å². The Morgan fingerprint density at radius 1 is 1.16 bits per heavy atom. The molecule has 3 aromatic rings. The maximum Gasteiger partial charge on any atom is 0.233 e. The highest BCUT2D eigenvalue weighted by atomic mass is 35.5. The van der Waals surface area contributed by atoms with E-state index in [0.717, 1.165) is 30.4 Å². The molecule has 1 aliphatic rings. The summed E-state index contributed by atoms with van der Waals surface area (Å²) >= 11 is 13.5. The van der Waals surface area contributed by atoms with Gasteiger partial charge in [-0.2, -0.15) is 0 Å². The normalized spacial score (nSPS) is 13.2. The summed E-state index contributed by atoms with van der Waals surface area (Å²) in [6.45, 7) is 1.95. The predicted octanol–water partition coefficient (Wildman–Crippen LogP) is 4.81. The molecule has 0 spiro atoms. The fourth-order valence-electron chi connectivity index (χ4n) is 3.62. The molecule has 1 aliphatic heterocycles. The second-order valence-corrected chi connectivity index (χ2v) is 9.39. The van der Waals surface area contributed by atoms with Crippen LogP contribution in [0.5, 0.6) is 5.75 Å². The van der Waals surface area contributed by atoms with E-state index in [1.165, 1.54) is 22.9 Å². The van der Waals surface area contributed by atoms with Gasteiger partial charge in [0.25, 0.3) is 0 Å². The fraction of sp³-hybridized carbons (Fsp3) is 0.348. The van der Waals surface area contributed by atoms with Crippen LogP contribution in [-0.4, -0.2) is 44.5 Å². The first kappa shape index (κ1) is 23.0. The summed E-state index contributed by atoms with van der Waals surface area (Å²) in [6.07, 6.45) is 2.39. The zero-order valence-corrected chi connectivity index (χ0v) is 20.1. The highest BCUT2D eigenvalue weighted by molar-refractivity contribution is 7.99. The molecular weight excluding hydrogens is 467 g/mol. The maximum atomic E-state index is 12.7. The van der Waals surface area contributed by atoms with Crippen LogP contribution in [0.3, 0.4) is 0 Å². The van der Waals surface area contributed by atoms with Gasteiger partial charge in [0.15, 0.2) is 5.16 Å². The first-order valence-corrected chi connectivity index (χ1v) is 12.2. The van der Waals surface area contributed by atoms with Gasteiger partial charge in [-0.15, -0.1) is 10.2 Å². The van der Waals surface area contributed by atoms with Crippen LogP contribution < -0.4 is 4.74 Å². The molecule has 0 fully saturated rings. The summed E-state index contributed by atoms with van der Waals surface area (Å²) < 4.78 is 7.67. The molecule has 2 heterocycles. The molecule has 0 radical (unpaired) electrons. The molecule has 0 atom stereocenters. The van der Waals surface area contributed by atoms with Crippen LogP contribution in [0.1, 0.15) is 23.4 Å². The zero-order valence-electron chi connectivity index (χ0n) is 17.8. The molecule has 1 aromatic heterocycles. The largest absolute Gasteiger partial charge is 0.492 e. The van der Waals surface area contributed by atoms with Crippen molar-refractivity contribution in [3.05, 3.63) is 69.5 Å². The molecule has 4 rings (SSSR count). The van der Waals surface area contributed by atoms with Crippen molar-refractivity contribution in [2.24, 2.45) is 7.05 Å². The van der Waals surface area contributed by atoms with Gasteiger partial charge in [-0.25, -0.2) is 0 Å². The van der Waals surface area contributed by atoms with E-state index >= 15 is 0 Å². The number of ether oxygens (including phenoxy) is 1. The fourth-order valence-corrected chi connectivity index (χ4v) is 4.92. The Morgan fingerprint density at radius 3 is 2.78 bits per heavy atom. The van der Waals surface area contributed by atoms with E-state index in [1.54, 1.807) is 18.2 Å². The van der Waals surface area contributed by atoms with Crippen molar-refractivity contribution in [1.29, 1.82) is 0 Å². The van der Waals surface area contributed by atoms with E-state index in [9.17, 15) is 4.79 Å². The van der Waals surface area contributed by atoms with E-state index in [0.29, 0.717) is 41.1 Å². The summed E-state index contributed by atoms with van der Waals surface area (Å²) in [4.78, 5) is 14.6. The second kappa shape index (κ2) is 10.6. The molecule has 1 amide bonds. The summed E-state index contributed by atoms with van der Waals surface area (Å²) in [5, 5.41) is 10.4. The number of aromatic nitrogens is 3. The molecule has 0 bridgehead atoms. The summed E-state index contributed by atoms with van der Waals surface area (Å²) in [5.74, 6) is 1.95. The van der Waals surface area contributed by atoms with Crippen LogP contribution in [0.2, 0.25) is 10.0 Å². The van der Waals surface area contributed by atoms with Gasteiger partial charge in [0.05, 0.1) is 17.4 Å². The van der Waals surface area contributed by atoms with Crippen molar-refractivity contribution in [2.45, 2.75) is 31.0 Å². The number of carbonyl (C=O) groups excluding carboxylic acids is 1. The lowest BCUT2D eigenvalue weighted by Crippen LogP contribution is -2.37. The van der Waals surface area contributed by atoms with Crippen molar-refractivity contribution >= 4 is 40.9 Å². The Balaban J connectivity index is 1.24. The minimum Gasteiger partial charge on any atom is -0.492 e. The van der Waals surface area contributed by atoms with E-state index in [1.807, 2.05) is 22.6 Å². The lowest BCUT2D eigenvalue weighted by molar-refractivity contribution is -0.129. The first-order chi connectivity index (χ1) is 15.5. The number of fused-ring (bicyclic) bond motifs is 1. The Kier molecular flexibility index (Phi) is 7.60. The standard InChI is InChI=1S/C23H24Cl2N4O2S/c1-28-21(7-4-12-31-20-9-8-18(24)13-19(20)25)26-27-23(28)32-15-22(30)29-11-10-16-5-2-3-6-17(16)14-29/h2-3,5-6,8-9,13H,4,7,10-12,14-15H2,1H3. The minimum atomic E-state index is 0.127. The number of halogens is 2. The molecule has 0 N–H and O–H groups in total. The lowest BCUT2D eigenvalue weighted by atomic mass is 10.00. The van der Waals surface area contributed by atoms with E-state index in [-0.39, 0.29) is 5.91 Å². The molecular formula is C23H24Cl2N4O2S. The molecule has 9 heteroatoms. The van der Waals surface area contributed by atoms with Crippen molar-refractivity contribution in [2.75, 3.05) is 18.9 Å². The third kappa shape index (κ3) is 5.57. The molecule has 0 aliphatic carbocycles. The lowest BCUT2D eigenvalue weighted by Gasteiger charge is -2.28. The highest BCUT2D eigenvalue weighted by Gasteiger charge is 2.21. The molecule has 2 aromatic carbocycles. The molecule has 0 unspecified atom stereocenters. The number of carbonyl (C=O) groups is 1. The molecule has 6 nitrogen and oxygen atoms in total. The number of amides is 1.